The van der Waals surface area contributed by atoms with Crippen molar-refractivity contribution in [1.29, 1.82) is 0 Å². The number of benzene rings is 1. The summed E-state index contributed by atoms with van der Waals surface area (Å²) in [5.41, 5.74) is 1.29. The highest BCUT2D eigenvalue weighted by molar-refractivity contribution is 8.00. The number of rotatable bonds is 8. The SMILES string of the molecule is CN=C(NCCCN1CCN(c2ccc(OC)cc2)CC1)NCC1(C)CCCS1. The van der Waals surface area contributed by atoms with Crippen molar-refractivity contribution >= 4 is 23.4 Å². The highest BCUT2D eigenvalue weighted by Crippen LogP contribution is 2.36. The largest absolute Gasteiger partial charge is 0.497 e. The molecule has 1 unspecified atom stereocenters. The molecule has 0 spiro atoms. The van der Waals surface area contributed by atoms with E-state index in [0.29, 0.717) is 4.75 Å². The Morgan fingerprint density at radius 3 is 2.55 bits per heavy atom. The van der Waals surface area contributed by atoms with Crippen molar-refractivity contribution < 1.29 is 4.74 Å². The first-order valence-corrected chi connectivity index (χ1v) is 11.8. The highest BCUT2D eigenvalue weighted by Gasteiger charge is 2.29. The molecule has 0 aliphatic carbocycles. The summed E-state index contributed by atoms with van der Waals surface area (Å²) in [7, 11) is 3.57. The maximum absolute atomic E-state index is 5.25. The molecular formula is C22H37N5OS. The van der Waals surface area contributed by atoms with Gasteiger partial charge in [-0.25, -0.2) is 0 Å². The Morgan fingerprint density at radius 1 is 1.17 bits per heavy atom. The summed E-state index contributed by atoms with van der Waals surface area (Å²) in [4.78, 5) is 9.40. The molecule has 1 aromatic carbocycles. The maximum Gasteiger partial charge on any atom is 0.191 e. The summed E-state index contributed by atoms with van der Waals surface area (Å²) < 4.78 is 5.61. The predicted octanol–water partition coefficient (Wildman–Crippen LogP) is 2.66. The number of methoxy groups -OCH3 is 1. The number of aliphatic imine (C=N–C) groups is 1. The van der Waals surface area contributed by atoms with Gasteiger partial charge < -0.3 is 20.3 Å². The number of anilines is 1. The molecule has 2 saturated heterocycles. The van der Waals surface area contributed by atoms with E-state index in [4.69, 9.17) is 4.74 Å². The standard InChI is InChI=1S/C22H37N5OS/c1-22(10-4-17-29-22)18-25-21(23-2)24-11-5-12-26-13-15-27(16-14-26)19-6-8-20(28-3)9-7-19/h6-9H,4-5,10-18H2,1-3H3,(H2,23,24,25). The van der Waals surface area contributed by atoms with Crippen molar-refractivity contribution in [2.75, 3.05) is 70.6 Å². The average molecular weight is 420 g/mol. The van der Waals surface area contributed by atoms with Crippen molar-refractivity contribution in [3.05, 3.63) is 24.3 Å². The molecule has 2 aliphatic heterocycles. The zero-order valence-electron chi connectivity index (χ0n) is 18.2. The number of ether oxygens (including phenoxy) is 1. The topological polar surface area (TPSA) is 52.1 Å². The smallest absolute Gasteiger partial charge is 0.191 e. The van der Waals surface area contributed by atoms with Crippen LogP contribution in [0.3, 0.4) is 0 Å². The molecule has 2 N–H and O–H groups in total. The zero-order valence-corrected chi connectivity index (χ0v) is 19.1. The molecule has 29 heavy (non-hydrogen) atoms. The molecule has 0 bridgehead atoms. The number of piperazine rings is 1. The van der Waals surface area contributed by atoms with Gasteiger partial charge in [0.2, 0.25) is 0 Å². The Balaban J connectivity index is 1.30. The average Bonchev–Trinajstić information content (AvgIpc) is 3.20. The van der Waals surface area contributed by atoms with Crippen molar-refractivity contribution in [3.8, 4) is 5.75 Å². The predicted molar refractivity (Wildman–Crippen MR) is 126 cm³/mol. The Hall–Kier alpha value is -1.60. The molecule has 0 amide bonds. The first kappa shape index (κ1) is 22.1. The van der Waals surface area contributed by atoms with E-state index < -0.39 is 0 Å². The second-order valence-corrected chi connectivity index (χ2v) is 9.82. The van der Waals surface area contributed by atoms with Gasteiger partial charge in [-0.2, -0.15) is 11.8 Å². The van der Waals surface area contributed by atoms with Crippen LogP contribution in [0.1, 0.15) is 26.2 Å². The van der Waals surface area contributed by atoms with Gasteiger partial charge in [0.1, 0.15) is 5.75 Å². The van der Waals surface area contributed by atoms with Crippen LogP contribution in [0.25, 0.3) is 0 Å². The van der Waals surface area contributed by atoms with Gasteiger partial charge in [0, 0.05) is 56.8 Å². The second-order valence-electron chi connectivity index (χ2n) is 8.13. The summed E-state index contributed by atoms with van der Waals surface area (Å²) in [6, 6.07) is 8.39. The lowest BCUT2D eigenvalue weighted by atomic mass is 10.1. The van der Waals surface area contributed by atoms with Crippen LogP contribution in [0, 0.1) is 0 Å². The van der Waals surface area contributed by atoms with Crippen molar-refractivity contribution in [2.45, 2.75) is 30.9 Å². The number of hydrogen-bond acceptors (Lipinski definition) is 5. The third-order valence-electron chi connectivity index (χ3n) is 5.91. The molecule has 0 radical (unpaired) electrons. The van der Waals surface area contributed by atoms with E-state index in [9.17, 15) is 0 Å². The van der Waals surface area contributed by atoms with Crippen LogP contribution >= 0.6 is 11.8 Å². The van der Waals surface area contributed by atoms with Gasteiger partial charge in [-0.1, -0.05) is 0 Å². The maximum atomic E-state index is 5.25. The highest BCUT2D eigenvalue weighted by atomic mass is 32.2. The fourth-order valence-corrected chi connectivity index (χ4v) is 5.24. The lowest BCUT2D eigenvalue weighted by Gasteiger charge is -2.36. The van der Waals surface area contributed by atoms with E-state index in [2.05, 4.69) is 56.2 Å². The Morgan fingerprint density at radius 2 is 1.93 bits per heavy atom. The minimum absolute atomic E-state index is 0.362. The van der Waals surface area contributed by atoms with Crippen LogP contribution in [0.15, 0.2) is 29.3 Å². The number of nitrogens with zero attached hydrogens (tertiary/aromatic N) is 3. The van der Waals surface area contributed by atoms with Gasteiger partial charge in [-0.15, -0.1) is 0 Å². The molecule has 3 rings (SSSR count). The monoisotopic (exact) mass is 419 g/mol. The minimum atomic E-state index is 0.362. The van der Waals surface area contributed by atoms with Gasteiger partial charge in [-0.3, -0.25) is 9.89 Å². The normalized spacial score (nSPS) is 23.3. The third-order valence-corrected chi connectivity index (χ3v) is 7.45. The number of thioether (sulfide) groups is 1. The molecule has 6 nitrogen and oxygen atoms in total. The lowest BCUT2D eigenvalue weighted by Crippen LogP contribution is -2.47. The molecule has 1 atom stereocenters. The molecule has 1 aromatic rings. The first-order chi connectivity index (χ1) is 14.1. The quantitative estimate of drug-likeness (QED) is 0.384. The minimum Gasteiger partial charge on any atom is -0.497 e. The lowest BCUT2D eigenvalue weighted by molar-refractivity contribution is 0.255. The molecule has 2 fully saturated rings. The number of hydrogen-bond donors (Lipinski definition) is 2. The van der Waals surface area contributed by atoms with Gasteiger partial charge in [-0.05, 0) is 62.7 Å². The molecule has 0 aromatic heterocycles. The van der Waals surface area contributed by atoms with E-state index in [1.54, 1.807) is 7.11 Å². The van der Waals surface area contributed by atoms with Crippen LogP contribution < -0.4 is 20.3 Å². The van der Waals surface area contributed by atoms with Crippen LogP contribution in [0.2, 0.25) is 0 Å². The van der Waals surface area contributed by atoms with Crippen LogP contribution in [0.5, 0.6) is 5.75 Å². The Kier molecular flexibility index (Phi) is 8.36. The zero-order chi connectivity index (χ0) is 20.5. The first-order valence-electron chi connectivity index (χ1n) is 10.8. The van der Waals surface area contributed by atoms with E-state index >= 15 is 0 Å². The van der Waals surface area contributed by atoms with E-state index in [1.807, 2.05) is 19.2 Å². The fraction of sp³-hybridized carbons (Fsp3) is 0.682. The van der Waals surface area contributed by atoms with Crippen molar-refractivity contribution in [2.24, 2.45) is 4.99 Å². The summed E-state index contributed by atoms with van der Waals surface area (Å²) >= 11 is 2.08. The Bertz CT molecular complexity index is 637. The molecule has 2 heterocycles. The van der Waals surface area contributed by atoms with Crippen molar-refractivity contribution in [3.63, 3.8) is 0 Å². The van der Waals surface area contributed by atoms with E-state index in [-0.39, 0.29) is 0 Å². The fourth-order valence-electron chi connectivity index (χ4n) is 4.00. The van der Waals surface area contributed by atoms with Gasteiger partial charge in [0.15, 0.2) is 5.96 Å². The summed E-state index contributed by atoms with van der Waals surface area (Å²) in [5.74, 6) is 3.14. The Labute approximate surface area is 180 Å². The van der Waals surface area contributed by atoms with Gasteiger partial charge in [0.25, 0.3) is 0 Å². The molecular weight excluding hydrogens is 382 g/mol. The summed E-state index contributed by atoms with van der Waals surface area (Å²) in [5, 5.41) is 6.99. The van der Waals surface area contributed by atoms with Crippen LogP contribution in [0.4, 0.5) is 5.69 Å². The van der Waals surface area contributed by atoms with Crippen LogP contribution in [-0.2, 0) is 0 Å². The third kappa shape index (κ3) is 6.71. The summed E-state index contributed by atoms with van der Waals surface area (Å²) in [6.07, 6.45) is 3.76. The van der Waals surface area contributed by atoms with Crippen LogP contribution in [-0.4, -0.2) is 81.3 Å². The van der Waals surface area contributed by atoms with Gasteiger partial charge in [0.05, 0.1) is 7.11 Å². The van der Waals surface area contributed by atoms with E-state index in [0.717, 1.165) is 63.9 Å². The second kappa shape index (κ2) is 11.0. The molecule has 7 heteroatoms. The van der Waals surface area contributed by atoms with E-state index in [1.165, 1.54) is 24.3 Å². The van der Waals surface area contributed by atoms with Gasteiger partial charge >= 0.3 is 0 Å². The summed E-state index contributed by atoms with van der Waals surface area (Å²) in [6.45, 7) is 9.85. The molecule has 162 valence electrons. The molecule has 0 saturated carbocycles. The number of guanidine groups is 1. The molecule has 2 aliphatic rings. The number of nitrogens with one attached hydrogen (secondary N) is 2. The van der Waals surface area contributed by atoms with Crippen molar-refractivity contribution in [1.82, 2.24) is 15.5 Å².